The quantitative estimate of drug-likeness (QED) is 0.304. The number of ether oxygens (including phenoxy) is 2. The number of hydrogen-bond acceptors (Lipinski definition) is 6. The second kappa shape index (κ2) is 9.56. The molecule has 0 saturated heterocycles. The van der Waals surface area contributed by atoms with Gasteiger partial charge in [-0.2, -0.15) is 0 Å². The largest absolute Gasteiger partial charge is 0.493 e. The van der Waals surface area contributed by atoms with E-state index >= 15 is 0 Å². The van der Waals surface area contributed by atoms with Crippen molar-refractivity contribution in [3.05, 3.63) is 94.0 Å². The van der Waals surface area contributed by atoms with Crippen molar-refractivity contribution in [2.45, 2.75) is 12.5 Å². The minimum absolute atomic E-state index is 0.00331. The van der Waals surface area contributed by atoms with Crippen molar-refractivity contribution in [2.24, 2.45) is 0 Å². The van der Waals surface area contributed by atoms with E-state index in [0.717, 1.165) is 5.56 Å². The summed E-state index contributed by atoms with van der Waals surface area (Å²) in [6, 6.07) is 20.2. The van der Waals surface area contributed by atoms with Gasteiger partial charge in [0, 0.05) is 29.8 Å². The molecule has 0 saturated carbocycles. The molecular formula is C23H22N2O5. The molecule has 7 heteroatoms. The van der Waals surface area contributed by atoms with Gasteiger partial charge >= 0.3 is 0 Å². The first kappa shape index (κ1) is 20.9. The van der Waals surface area contributed by atoms with Gasteiger partial charge in [-0.15, -0.1) is 0 Å². The predicted molar refractivity (Wildman–Crippen MR) is 114 cm³/mol. The lowest BCUT2D eigenvalue weighted by atomic mass is 9.97. The highest BCUT2D eigenvalue weighted by Gasteiger charge is 2.19. The van der Waals surface area contributed by atoms with Gasteiger partial charge in [0.2, 0.25) is 0 Å². The Bertz CT molecular complexity index is 1020. The Morgan fingerprint density at radius 2 is 1.63 bits per heavy atom. The topological polar surface area (TPSA) is 90.7 Å². The predicted octanol–water partition coefficient (Wildman–Crippen LogP) is 5.04. The SMILES string of the molecule is COc1ccc(C(CC(=O)c2ccccc2)Nc2ccc([N+](=O)[O-])cc2)cc1OC. The van der Waals surface area contributed by atoms with E-state index in [1.54, 1.807) is 44.6 Å². The first-order chi connectivity index (χ1) is 14.5. The zero-order chi connectivity index (χ0) is 21.5. The Hall–Kier alpha value is -3.87. The number of rotatable bonds is 9. The van der Waals surface area contributed by atoms with E-state index < -0.39 is 4.92 Å². The summed E-state index contributed by atoms with van der Waals surface area (Å²) in [7, 11) is 3.11. The Labute approximate surface area is 174 Å². The van der Waals surface area contributed by atoms with E-state index in [2.05, 4.69) is 5.32 Å². The summed E-state index contributed by atoms with van der Waals surface area (Å²) in [6.07, 6.45) is 0.191. The molecule has 0 fully saturated rings. The second-order valence-electron chi connectivity index (χ2n) is 6.61. The fourth-order valence-electron chi connectivity index (χ4n) is 3.13. The van der Waals surface area contributed by atoms with E-state index in [0.29, 0.717) is 22.7 Å². The van der Waals surface area contributed by atoms with E-state index in [1.165, 1.54) is 12.1 Å². The molecule has 1 unspecified atom stereocenters. The number of nitrogens with zero attached hydrogens (tertiary/aromatic N) is 1. The number of methoxy groups -OCH3 is 2. The van der Waals surface area contributed by atoms with Gasteiger partial charge in [0.05, 0.1) is 25.2 Å². The van der Waals surface area contributed by atoms with Crippen LogP contribution in [0.5, 0.6) is 11.5 Å². The third-order valence-electron chi connectivity index (χ3n) is 4.71. The molecule has 0 heterocycles. The maximum atomic E-state index is 12.9. The second-order valence-corrected chi connectivity index (χ2v) is 6.61. The molecule has 0 amide bonds. The number of carbonyl (C=O) groups excluding carboxylic acids is 1. The first-order valence-corrected chi connectivity index (χ1v) is 9.33. The van der Waals surface area contributed by atoms with Crippen LogP contribution in [0.4, 0.5) is 11.4 Å². The Kier molecular flexibility index (Phi) is 6.64. The Morgan fingerprint density at radius 1 is 0.967 bits per heavy atom. The number of anilines is 1. The average Bonchev–Trinajstić information content (AvgIpc) is 2.79. The molecule has 1 N–H and O–H groups in total. The van der Waals surface area contributed by atoms with Crippen LogP contribution < -0.4 is 14.8 Å². The number of carbonyl (C=O) groups is 1. The van der Waals surface area contributed by atoms with Crippen LogP contribution >= 0.6 is 0 Å². The van der Waals surface area contributed by atoms with Gasteiger partial charge in [-0.05, 0) is 29.8 Å². The zero-order valence-electron chi connectivity index (χ0n) is 16.7. The number of nitrogens with one attached hydrogen (secondary N) is 1. The highest BCUT2D eigenvalue weighted by atomic mass is 16.6. The van der Waals surface area contributed by atoms with Crippen molar-refractivity contribution >= 4 is 17.2 Å². The van der Waals surface area contributed by atoms with Crippen LogP contribution in [-0.4, -0.2) is 24.9 Å². The summed E-state index contributed by atoms with van der Waals surface area (Å²) in [5.41, 5.74) is 2.12. The van der Waals surface area contributed by atoms with Crippen LogP contribution in [-0.2, 0) is 0 Å². The van der Waals surface area contributed by atoms with Crippen molar-refractivity contribution in [3.8, 4) is 11.5 Å². The maximum Gasteiger partial charge on any atom is 0.269 e. The number of Topliss-reactive ketones (excluding diaryl/α,β-unsaturated/α-hetero) is 1. The summed E-state index contributed by atoms with van der Waals surface area (Å²) in [6.45, 7) is 0. The molecule has 0 aromatic heterocycles. The molecule has 154 valence electrons. The molecule has 7 nitrogen and oxygen atoms in total. The summed E-state index contributed by atoms with van der Waals surface area (Å²) in [5, 5.41) is 14.2. The number of hydrogen-bond donors (Lipinski definition) is 1. The van der Waals surface area contributed by atoms with Crippen LogP contribution in [0.1, 0.15) is 28.4 Å². The van der Waals surface area contributed by atoms with Crippen LogP contribution in [0.15, 0.2) is 72.8 Å². The Balaban J connectivity index is 1.91. The molecule has 3 aromatic carbocycles. The van der Waals surface area contributed by atoms with Crippen molar-refractivity contribution < 1.29 is 19.2 Å². The lowest BCUT2D eigenvalue weighted by Gasteiger charge is -2.21. The van der Waals surface area contributed by atoms with E-state index in [9.17, 15) is 14.9 Å². The van der Waals surface area contributed by atoms with Gasteiger partial charge < -0.3 is 14.8 Å². The summed E-state index contributed by atoms with van der Waals surface area (Å²) in [5.74, 6) is 1.12. The highest BCUT2D eigenvalue weighted by Crippen LogP contribution is 2.33. The van der Waals surface area contributed by atoms with Crippen LogP contribution in [0, 0.1) is 10.1 Å². The van der Waals surface area contributed by atoms with Gasteiger partial charge in [-0.25, -0.2) is 0 Å². The molecule has 0 aliphatic heterocycles. The van der Waals surface area contributed by atoms with Gasteiger partial charge in [-0.1, -0.05) is 36.4 Å². The van der Waals surface area contributed by atoms with Crippen LogP contribution in [0.3, 0.4) is 0 Å². The number of non-ortho nitro benzene ring substituents is 1. The lowest BCUT2D eigenvalue weighted by molar-refractivity contribution is -0.384. The third-order valence-corrected chi connectivity index (χ3v) is 4.71. The first-order valence-electron chi connectivity index (χ1n) is 9.33. The maximum absolute atomic E-state index is 12.9. The number of nitro groups is 1. The fourth-order valence-corrected chi connectivity index (χ4v) is 3.13. The normalized spacial score (nSPS) is 11.4. The molecule has 3 rings (SSSR count). The molecule has 0 spiro atoms. The third kappa shape index (κ3) is 4.94. The lowest BCUT2D eigenvalue weighted by Crippen LogP contribution is -2.16. The van der Waals surface area contributed by atoms with Gasteiger partial charge in [0.25, 0.3) is 5.69 Å². The zero-order valence-corrected chi connectivity index (χ0v) is 16.7. The van der Waals surface area contributed by atoms with E-state index in [-0.39, 0.29) is 23.9 Å². The molecule has 3 aromatic rings. The monoisotopic (exact) mass is 406 g/mol. The van der Waals surface area contributed by atoms with Crippen LogP contribution in [0.2, 0.25) is 0 Å². The standard InChI is InChI=1S/C23H22N2O5/c1-29-22-13-8-17(14-23(22)30-2)20(15-21(26)16-6-4-3-5-7-16)24-18-9-11-19(12-10-18)25(27)28/h3-14,20,24H,15H2,1-2H3. The molecule has 30 heavy (non-hydrogen) atoms. The fraction of sp³-hybridized carbons (Fsp3) is 0.174. The molecule has 0 aliphatic carbocycles. The van der Waals surface area contributed by atoms with E-state index in [4.69, 9.17) is 9.47 Å². The van der Waals surface area contributed by atoms with Gasteiger partial charge in [-0.3, -0.25) is 14.9 Å². The molecule has 1 atom stereocenters. The average molecular weight is 406 g/mol. The van der Waals surface area contributed by atoms with Crippen molar-refractivity contribution in [1.29, 1.82) is 0 Å². The number of nitro benzene ring substituents is 1. The highest BCUT2D eigenvalue weighted by molar-refractivity contribution is 5.96. The number of benzene rings is 3. The Morgan fingerprint density at radius 3 is 2.23 bits per heavy atom. The van der Waals surface area contributed by atoms with Crippen molar-refractivity contribution in [1.82, 2.24) is 0 Å². The minimum atomic E-state index is -0.450. The smallest absolute Gasteiger partial charge is 0.269 e. The molecule has 0 radical (unpaired) electrons. The number of ketones is 1. The van der Waals surface area contributed by atoms with Crippen molar-refractivity contribution in [3.63, 3.8) is 0 Å². The van der Waals surface area contributed by atoms with Gasteiger partial charge in [0.15, 0.2) is 17.3 Å². The van der Waals surface area contributed by atoms with Crippen LogP contribution in [0.25, 0.3) is 0 Å². The summed E-state index contributed by atoms with van der Waals surface area (Å²) in [4.78, 5) is 23.3. The van der Waals surface area contributed by atoms with Gasteiger partial charge in [0.1, 0.15) is 0 Å². The molecular weight excluding hydrogens is 384 g/mol. The molecule has 0 bridgehead atoms. The summed E-state index contributed by atoms with van der Waals surface area (Å²) >= 11 is 0. The molecule has 0 aliphatic rings. The summed E-state index contributed by atoms with van der Waals surface area (Å²) < 4.78 is 10.7. The minimum Gasteiger partial charge on any atom is -0.493 e. The van der Waals surface area contributed by atoms with E-state index in [1.807, 2.05) is 30.3 Å². The van der Waals surface area contributed by atoms with Crippen molar-refractivity contribution in [2.75, 3.05) is 19.5 Å².